The van der Waals surface area contributed by atoms with Crippen LogP contribution in [-0.2, 0) is 0 Å². The standard InChI is InChI=1S/C17H27N3O3/c1-14(2)19-9-11-20(12-10-19)17(21)18-8-13-23-16-6-4-15(22-3)5-7-16/h4-7,14H,8-13H2,1-3H3,(H,18,21). The van der Waals surface area contributed by atoms with Crippen LogP contribution < -0.4 is 14.8 Å². The van der Waals surface area contributed by atoms with Crippen LogP contribution in [0, 0.1) is 0 Å². The number of amides is 2. The van der Waals surface area contributed by atoms with Crippen molar-refractivity contribution in [3.63, 3.8) is 0 Å². The number of piperazine rings is 1. The summed E-state index contributed by atoms with van der Waals surface area (Å²) in [5, 5.41) is 2.91. The molecule has 6 nitrogen and oxygen atoms in total. The lowest BCUT2D eigenvalue weighted by Gasteiger charge is -2.36. The third-order valence-electron chi connectivity index (χ3n) is 4.04. The summed E-state index contributed by atoms with van der Waals surface area (Å²) in [6.07, 6.45) is 0. The van der Waals surface area contributed by atoms with Gasteiger partial charge in [-0.3, -0.25) is 4.90 Å². The topological polar surface area (TPSA) is 54.0 Å². The van der Waals surface area contributed by atoms with E-state index in [0.717, 1.165) is 37.7 Å². The second-order valence-electron chi connectivity index (χ2n) is 5.87. The Balaban J connectivity index is 1.63. The second-order valence-corrected chi connectivity index (χ2v) is 5.87. The van der Waals surface area contributed by atoms with Crippen molar-refractivity contribution >= 4 is 6.03 Å². The van der Waals surface area contributed by atoms with Gasteiger partial charge in [-0.1, -0.05) is 0 Å². The monoisotopic (exact) mass is 321 g/mol. The summed E-state index contributed by atoms with van der Waals surface area (Å²) in [6, 6.07) is 7.94. The number of nitrogens with zero attached hydrogens (tertiary/aromatic N) is 2. The molecule has 0 aromatic heterocycles. The quantitative estimate of drug-likeness (QED) is 0.812. The van der Waals surface area contributed by atoms with E-state index in [4.69, 9.17) is 9.47 Å². The van der Waals surface area contributed by atoms with E-state index in [-0.39, 0.29) is 6.03 Å². The van der Waals surface area contributed by atoms with Crippen LogP contribution in [0.15, 0.2) is 24.3 Å². The molecule has 128 valence electrons. The second kappa shape index (κ2) is 8.62. The molecule has 0 atom stereocenters. The van der Waals surface area contributed by atoms with Crippen LogP contribution in [-0.4, -0.2) is 68.3 Å². The first kappa shape index (κ1) is 17.4. The summed E-state index contributed by atoms with van der Waals surface area (Å²) in [4.78, 5) is 16.3. The van der Waals surface area contributed by atoms with Crippen LogP contribution in [0.25, 0.3) is 0 Å². The van der Waals surface area contributed by atoms with E-state index in [2.05, 4.69) is 24.1 Å². The summed E-state index contributed by atoms with van der Waals surface area (Å²) in [7, 11) is 1.63. The fraction of sp³-hybridized carbons (Fsp3) is 0.588. The average molecular weight is 321 g/mol. The summed E-state index contributed by atoms with van der Waals surface area (Å²) in [6.45, 7) is 8.76. The number of hydrogen-bond donors (Lipinski definition) is 1. The van der Waals surface area contributed by atoms with Gasteiger partial charge in [0.05, 0.1) is 13.7 Å². The number of hydrogen-bond acceptors (Lipinski definition) is 4. The summed E-state index contributed by atoms with van der Waals surface area (Å²) in [5.74, 6) is 1.57. The highest BCUT2D eigenvalue weighted by Gasteiger charge is 2.21. The van der Waals surface area contributed by atoms with E-state index in [1.165, 1.54) is 0 Å². The number of nitrogens with one attached hydrogen (secondary N) is 1. The molecular weight excluding hydrogens is 294 g/mol. The third kappa shape index (κ3) is 5.32. The number of ether oxygens (including phenoxy) is 2. The normalized spacial score (nSPS) is 15.6. The lowest BCUT2D eigenvalue weighted by molar-refractivity contribution is 0.119. The number of methoxy groups -OCH3 is 1. The highest BCUT2D eigenvalue weighted by molar-refractivity contribution is 5.74. The molecule has 0 spiro atoms. The van der Waals surface area contributed by atoms with Gasteiger partial charge in [0.25, 0.3) is 0 Å². The maximum absolute atomic E-state index is 12.1. The minimum Gasteiger partial charge on any atom is -0.497 e. The van der Waals surface area contributed by atoms with Crippen molar-refractivity contribution in [1.29, 1.82) is 0 Å². The summed E-state index contributed by atoms with van der Waals surface area (Å²) in [5.41, 5.74) is 0. The molecule has 0 unspecified atom stereocenters. The van der Waals surface area contributed by atoms with Crippen molar-refractivity contribution in [3.8, 4) is 11.5 Å². The highest BCUT2D eigenvalue weighted by Crippen LogP contribution is 2.16. The molecule has 0 radical (unpaired) electrons. The Labute approximate surface area is 138 Å². The molecule has 1 aliphatic rings. The molecule has 0 bridgehead atoms. The van der Waals surface area contributed by atoms with Crippen molar-refractivity contribution in [3.05, 3.63) is 24.3 Å². The molecule has 1 aromatic carbocycles. The zero-order valence-corrected chi connectivity index (χ0v) is 14.2. The number of rotatable bonds is 6. The molecule has 1 heterocycles. The predicted octanol–water partition coefficient (Wildman–Crippen LogP) is 1.81. The Kier molecular flexibility index (Phi) is 6.52. The zero-order chi connectivity index (χ0) is 16.7. The number of urea groups is 1. The van der Waals surface area contributed by atoms with Gasteiger partial charge in [0.1, 0.15) is 18.1 Å². The van der Waals surface area contributed by atoms with E-state index < -0.39 is 0 Å². The lowest BCUT2D eigenvalue weighted by Crippen LogP contribution is -2.53. The van der Waals surface area contributed by atoms with E-state index >= 15 is 0 Å². The van der Waals surface area contributed by atoms with Gasteiger partial charge in [-0.15, -0.1) is 0 Å². The van der Waals surface area contributed by atoms with Crippen molar-refractivity contribution in [2.24, 2.45) is 0 Å². The Bertz CT molecular complexity index is 482. The molecule has 1 aromatic rings. The van der Waals surface area contributed by atoms with Crippen LogP contribution in [0.1, 0.15) is 13.8 Å². The molecule has 1 N–H and O–H groups in total. The Morgan fingerprint density at radius 1 is 1.13 bits per heavy atom. The highest BCUT2D eigenvalue weighted by atomic mass is 16.5. The van der Waals surface area contributed by atoms with Gasteiger partial charge in [-0.25, -0.2) is 4.79 Å². The summed E-state index contributed by atoms with van der Waals surface area (Å²) >= 11 is 0. The maximum atomic E-state index is 12.1. The first-order valence-electron chi connectivity index (χ1n) is 8.14. The van der Waals surface area contributed by atoms with Crippen LogP contribution in [0.3, 0.4) is 0 Å². The van der Waals surface area contributed by atoms with Crippen molar-refractivity contribution < 1.29 is 14.3 Å². The third-order valence-corrected chi connectivity index (χ3v) is 4.04. The predicted molar refractivity (Wildman–Crippen MR) is 90.2 cm³/mol. The minimum absolute atomic E-state index is 0.00765. The first-order chi connectivity index (χ1) is 11.1. The van der Waals surface area contributed by atoms with Crippen LogP contribution in [0.2, 0.25) is 0 Å². The smallest absolute Gasteiger partial charge is 0.317 e. The van der Waals surface area contributed by atoms with Gasteiger partial charge in [0.15, 0.2) is 0 Å². The van der Waals surface area contributed by atoms with Gasteiger partial charge in [0.2, 0.25) is 0 Å². The Morgan fingerprint density at radius 2 is 1.74 bits per heavy atom. The van der Waals surface area contributed by atoms with Crippen LogP contribution in [0.4, 0.5) is 4.79 Å². The Morgan fingerprint density at radius 3 is 2.30 bits per heavy atom. The van der Waals surface area contributed by atoms with Crippen molar-refractivity contribution in [1.82, 2.24) is 15.1 Å². The first-order valence-corrected chi connectivity index (χ1v) is 8.14. The molecule has 1 aliphatic heterocycles. The van der Waals surface area contributed by atoms with E-state index in [1.54, 1.807) is 7.11 Å². The number of carbonyl (C=O) groups is 1. The van der Waals surface area contributed by atoms with Gasteiger partial charge in [-0.2, -0.15) is 0 Å². The molecule has 23 heavy (non-hydrogen) atoms. The van der Waals surface area contributed by atoms with Crippen LogP contribution >= 0.6 is 0 Å². The molecule has 0 aliphatic carbocycles. The zero-order valence-electron chi connectivity index (χ0n) is 14.2. The van der Waals surface area contributed by atoms with E-state index in [1.807, 2.05) is 29.2 Å². The van der Waals surface area contributed by atoms with Gasteiger partial charge in [-0.05, 0) is 38.1 Å². The number of benzene rings is 1. The molecule has 6 heteroatoms. The van der Waals surface area contributed by atoms with Gasteiger partial charge in [0, 0.05) is 32.2 Å². The maximum Gasteiger partial charge on any atom is 0.317 e. The molecule has 1 fully saturated rings. The fourth-order valence-corrected chi connectivity index (χ4v) is 2.55. The fourth-order valence-electron chi connectivity index (χ4n) is 2.55. The minimum atomic E-state index is -0.00765. The average Bonchev–Trinajstić information content (AvgIpc) is 2.59. The Hall–Kier alpha value is -1.95. The largest absolute Gasteiger partial charge is 0.497 e. The molecule has 2 rings (SSSR count). The number of carbonyl (C=O) groups excluding carboxylic acids is 1. The van der Waals surface area contributed by atoms with Crippen molar-refractivity contribution in [2.45, 2.75) is 19.9 Å². The molecule has 0 saturated carbocycles. The van der Waals surface area contributed by atoms with Gasteiger partial charge < -0.3 is 19.7 Å². The van der Waals surface area contributed by atoms with Crippen molar-refractivity contribution in [2.75, 3.05) is 46.4 Å². The lowest BCUT2D eigenvalue weighted by atomic mass is 10.2. The van der Waals surface area contributed by atoms with E-state index in [9.17, 15) is 4.79 Å². The van der Waals surface area contributed by atoms with E-state index in [0.29, 0.717) is 19.2 Å². The molecular formula is C17H27N3O3. The molecule has 2 amide bonds. The van der Waals surface area contributed by atoms with Gasteiger partial charge >= 0.3 is 6.03 Å². The summed E-state index contributed by atoms with van der Waals surface area (Å²) < 4.78 is 10.7. The van der Waals surface area contributed by atoms with Crippen LogP contribution in [0.5, 0.6) is 11.5 Å². The molecule has 1 saturated heterocycles. The SMILES string of the molecule is COc1ccc(OCCNC(=O)N2CCN(C(C)C)CC2)cc1.